The molecule has 3 aromatic rings. The predicted molar refractivity (Wildman–Crippen MR) is 97.2 cm³/mol. The molecule has 0 fully saturated rings. The minimum atomic E-state index is -3.73. The maximum atomic E-state index is 12.4. The molecule has 8 nitrogen and oxygen atoms in total. The van der Waals surface area contributed by atoms with Crippen LogP contribution in [-0.4, -0.2) is 25.2 Å². The first-order valence-electron chi connectivity index (χ1n) is 7.88. The summed E-state index contributed by atoms with van der Waals surface area (Å²) < 4.78 is 37.6. The van der Waals surface area contributed by atoms with Gasteiger partial charge in [0.25, 0.3) is 10.0 Å². The van der Waals surface area contributed by atoms with E-state index in [9.17, 15) is 8.42 Å². The molecule has 0 aliphatic carbocycles. The fourth-order valence-electron chi connectivity index (χ4n) is 2.18. The summed E-state index contributed by atoms with van der Waals surface area (Å²) in [6, 6.07) is 11.2. The van der Waals surface area contributed by atoms with Gasteiger partial charge in [-0.2, -0.15) is 0 Å². The van der Waals surface area contributed by atoms with Crippen LogP contribution in [0.15, 0.2) is 58.1 Å². The molecule has 0 bridgehead atoms. The van der Waals surface area contributed by atoms with Gasteiger partial charge in [0.1, 0.15) is 17.3 Å². The van der Waals surface area contributed by atoms with Crippen LogP contribution in [-0.2, 0) is 10.0 Å². The minimum Gasteiger partial charge on any atom is -0.494 e. The van der Waals surface area contributed by atoms with E-state index in [1.807, 2.05) is 6.92 Å². The van der Waals surface area contributed by atoms with E-state index < -0.39 is 10.0 Å². The fraction of sp³-hybridized carbons (Fsp3) is 0.176. The maximum Gasteiger partial charge on any atom is 0.263 e. The summed E-state index contributed by atoms with van der Waals surface area (Å²) in [5.41, 5.74) is 0.655. The highest BCUT2D eigenvalue weighted by molar-refractivity contribution is 7.92. The van der Waals surface area contributed by atoms with Gasteiger partial charge >= 0.3 is 0 Å². The zero-order valence-corrected chi connectivity index (χ0v) is 15.1. The maximum absolute atomic E-state index is 12.4. The lowest BCUT2D eigenvalue weighted by Crippen LogP contribution is -2.13. The molecule has 1 aromatic carbocycles. The Morgan fingerprint density at radius 3 is 2.46 bits per heavy atom. The molecule has 0 aliphatic heterocycles. The number of nitrogens with one attached hydrogen (secondary N) is 2. The molecule has 2 heterocycles. The van der Waals surface area contributed by atoms with Gasteiger partial charge in [0.15, 0.2) is 5.82 Å². The van der Waals surface area contributed by atoms with E-state index in [0.29, 0.717) is 29.6 Å². The lowest BCUT2D eigenvalue weighted by atomic mass is 10.3. The molecule has 0 radical (unpaired) electrons. The zero-order chi connectivity index (χ0) is 18.6. The monoisotopic (exact) mass is 374 g/mol. The summed E-state index contributed by atoms with van der Waals surface area (Å²) in [6.07, 6.45) is 1.50. The second-order valence-electron chi connectivity index (χ2n) is 5.39. The summed E-state index contributed by atoms with van der Waals surface area (Å²) in [6.45, 7) is 4.16. The van der Waals surface area contributed by atoms with Crippen molar-refractivity contribution in [2.75, 3.05) is 16.6 Å². The van der Waals surface area contributed by atoms with Gasteiger partial charge < -0.3 is 14.6 Å². The van der Waals surface area contributed by atoms with Crippen molar-refractivity contribution in [2.24, 2.45) is 0 Å². The minimum absolute atomic E-state index is 0.128. The van der Waals surface area contributed by atoms with Crippen LogP contribution in [0.1, 0.15) is 12.7 Å². The number of rotatable bonds is 7. The third-order valence-corrected chi connectivity index (χ3v) is 4.72. The van der Waals surface area contributed by atoms with Gasteiger partial charge in [0, 0.05) is 6.07 Å². The van der Waals surface area contributed by atoms with Gasteiger partial charge in [0.2, 0.25) is 0 Å². The van der Waals surface area contributed by atoms with Crippen molar-refractivity contribution in [2.45, 2.75) is 18.7 Å². The molecule has 3 rings (SSSR count). The number of aryl methyl sites for hydroxylation is 1. The van der Waals surface area contributed by atoms with E-state index in [2.05, 4.69) is 20.2 Å². The highest BCUT2D eigenvalue weighted by atomic mass is 32.2. The normalized spacial score (nSPS) is 11.2. The third kappa shape index (κ3) is 4.31. The van der Waals surface area contributed by atoms with Crippen LogP contribution in [0.3, 0.4) is 0 Å². The van der Waals surface area contributed by atoms with Gasteiger partial charge in [-0.15, -0.1) is 0 Å². The van der Waals surface area contributed by atoms with Crippen LogP contribution in [0.2, 0.25) is 0 Å². The molecule has 0 unspecified atom stereocenters. The first kappa shape index (κ1) is 17.7. The van der Waals surface area contributed by atoms with E-state index in [1.165, 1.54) is 18.3 Å². The fourth-order valence-corrected chi connectivity index (χ4v) is 3.19. The van der Waals surface area contributed by atoms with E-state index in [0.717, 1.165) is 0 Å². The Bertz CT molecular complexity index is 967. The van der Waals surface area contributed by atoms with Crippen molar-refractivity contribution in [1.29, 1.82) is 0 Å². The molecular weight excluding hydrogens is 356 g/mol. The third-order valence-electron chi connectivity index (χ3n) is 3.35. The van der Waals surface area contributed by atoms with Crippen molar-refractivity contribution >= 4 is 27.3 Å². The lowest BCUT2D eigenvalue weighted by molar-refractivity contribution is 0.340. The van der Waals surface area contributed by atoms with Crippen molar-refractivity contribution in [3.8, 4) is 5.75 Å². The molecule has 136 valence electrons. The second-order valence-corrected chi connectivity index (χ2v) is 7.07. The Morgan fingerprint density at radius 1 is 1.12 bits per heavy atom. The first-order valence-corrected chi connectivity index (χ1v) is 9.36. The molecule has 0 atom stereocenters. The average Bonchev–Trinajstić information content (AvgIpc) is 3.02. The Morgan fingerprint density at radius 2 is 1.88 bits per heavy atom. The van der Waals surface area contributed by atoms with Crippen LogP contribution in [0.4, 0.5) is 17.3 Å². The molecule has 0 saturated carbocycles. The number of aromatic nitrogens is 2. The van der Waals surface area contributed by atoms with Crippen molar-refractivity contribution < 1.29 is 17.7 Å². The SMILES string of the molecule is CCOc1ccc(S(=O)(=O)Nc2ccc(Nc3cc(C)on3)cn2)cc1. The average molecular weight is 374 g/mol. The number of pyridine rings is 1. The van der Waals surface area contributed by atoms with Crippen molar-refractivity contribution in [3.63, 3.8) is 0 Å². The van der Waals surface area contributed by atoms with E-state index in [-0.39, 0.29) is 10.7 Å². The summed E-state index contributed by atoms with van der Waals surface area (Å²) in [5.74, 6) is 2.05. The molecule has 0 amide bonds. The van der Waals surface area contributed by atoms with Crippen LogP contribution in [0.5, 0.6) is 5.75 Å². The molecule has 2 N–H and O–H groups in total. The lowest BCUT2D eigenvalue weighted by Gasteiger charge is -2.09. The number of benzene rings is 1. The second kappa shape index (κ2) is 7.44. The number of sulfonamides is 1. The number of anilines is 3. The van der Waals surface area contributed by atoms with E-state index in [1.54, 1.807) is 37.3 Å². The summed E-state index contributed by atoms with van der Waals surface area (Å²) in [4.78, 5) is 4.23. The zero-order valence-electron chi connectivity index (χ0n) is 14.3. The predicted octanol–water partition coefficient (Wildman–Crippen LogP) is 3.32. The standard InChI is InChI=1S/C17H18N4O4S/c1-3-24-14-5-7-15(8-6-14)26(22,23)21-16-9-4-13(11-18-16)19-17-10-12(2)25-20-17/h4-11H,3H2,1-2H3,(H,18,21)(H,19,20). The molecule has 0 aliphatic rings. The van der Waals surface area contributed by atoms with Gasteiger partial charge in [-0.3, -0.25) is 4.72 Å². The van der Waals surface area contributed by atoms with Crippen LogP contribution in [0.25, 0.3) is 0 Å². The number of hydrogen-bond acceptors (Lipinski definition) is 7. The smallest absolute Gasteiger partial charge is 0.263 e. The summed E-state index contributed by atoms with van der Waals surface area (Å²) in [5, 5.41) is 6.82. The van der Waals surface area contributed by atoms with Gasteiger partial charge in [0.05, 0.1) is 23.4 Å². The Hall–Kier alpha value is -3.07. The van der Waals surface area contributed by atoms with Crippen LogP contribution < -0.4 is 14.8 Å². The molecule has 0 spiro atoms. The van der Waals surface area contributed by atoms with E-state index >= 15 is 0 Å². The Labute approximate surface area is 151 Å². The molecule has 2 aromatic heterocycles. The number of ether oxygens (including phenoxy) is 1. The molecular formula is C17H18N4O4S. The van der Waals surface area contributed by atoms with Gasteiger partial charge in [-0.05, 0) is 50.2 Å². The van der Waals surface area contributed by atoms with Crippen molar-refractivity contribution in [1.82, 2.24) is 10.1 Å². The topological polar surface area (TPSA) is 106 Å². The number of nitrogens with zero attached hydrogens (tertiary/aromatic N) is 2. The highest BCUT2D eigenvalue weighted by Crippen LogP contribution is 2.20. The van der Waals surface area contributed by atoms with Crippen LogP contribution >= 0.6 is 0 Å². The first-order chi connectivity index (χ1) is 12.5. The Balaban J connectivity index is 1.69. The molecule has 26 heavy (non-hydrogen) atoms. The Kier molecular flexibility index (Phi) is 5.08. The quantitative estimate of drug-likeness (QED) is 0.653. The van der Waals surface area contributed by atoms with Gasteiger partial charge in [-0.1, -0.05) is 5.16 Å². The van der Waals surface area contributed by atoms with E-state index in [4.69, 9.17) is 9.26 Å². The summed E-state index contributed by atoms with van der Waals surface area (Å²) in [7, 11) is -3.73. The van der Waals surface area contributed by atoms with Crippen LogP contribution in [0, 0.1) is 6.92 Å². The molecule has 0 saturated heterocycles. The van der Waals surface area contributed by atoms with Gasteiger partial charge in [-0.25, -0.2) is 13.4 Å². The largest absolute Gasteiger partial charge is 0.494 e. The molecule has 9 heteroatoms. The summed E-state index contributed by atoms with van der Waals surface area (Å²) >= 11 is 0. The number of hydrogen-bond donors (Lipinski definition) is 2. The van der Waals surface area contributed by atoms with Crippen molar-refractivity contribution in [3.05, 3.63) is 54.4 Å². The highest BCUT2D eigenvalue weighted by Gasteiger charge is 2.15.